The molecule has 0 aliphatic carbocycles. The normalized spacial score (nSPS) is 11.3. The number of benzene rings is 2. The van der Waals surface area contributed by atoms with Crippen LogP contribution < -0.4 is 5.32 Å². The lowest BCUT2D eigenvalue weighted by atomic mass is 10.2. The number of rotatable bonds is 5. The van der Waals surface area contributed by atoms with E-state index in [1.807, 2.05) is 6.07 Å². The third-order valence-corrected chi connectivity index (χ3v) is 5.43. The zero-order chi connectivity index (χ0) is 17.0. The number of anilines is 1. The topological polar surface area (TPSA) is 73.2 Å². The van der Waals surface area contributed by atoms with Crippen LogP contribution in [0, 0.1) is 11.3 Å². The van der Waals surface area contributed by atoms with Gasteiger partial charge in [-0.15, -0.1) is 0 Å². The van der Waals surface area contributed by atoms with E-state index in [4.69, 9.17) is 16.9 Å². The minimum absolute atomic E-state index is 0.257. The Bertz CT molecular complexity index is 841. The van der Waals surface area contributed by atoms with Crippen LogP contribution in [0.15, 0.2) is 47.4 Å². The Labute approximate surface area is 141 Å². The van der Waals surface area contributed by atoms with Gasteiger partial charge in [0, 0.05) is 26.3 Å². The van der Waals surface area contributed by atoms with Crippen molar-refractivity contribution in [2.24, 2.45) is 0 Å². The van der Waals surface area contributed by atoms with Crippen LogP contribution in [0.2, 0.25) is 5.02 Å². The number of sulfonamides is 1. The first-order chi connectivity index (χ1) is 10.8. The lowest BCUT2D eigenvalue weighted by molar-refractivity contribution is 0.520. The van der Waals surface area contributed by atoms with Crippen LogP contribution >= 0.6 is 11.6 Å². The molecule has 0 unspecified atom stereocenters. The molecular weight excluding hydrogens is 334 g/mol. The molecule has 0 amide bonds. The van der Waals surface area contributed by atoms with Gasteiger partial charge in [0.05, 0.1) is 15.5 Å². The van der Waals surface area contributed by atoms with E-state index in [-0.39, 0.29) is 4.90 Å². The molecule has 5 nitrogen and oxygen atoms in total. The van der Waals surface area contributed by atoms with E-state index in [0.29, 0.717) is 17.1 Å². The summed E-state index contributed by atoms with van der Waals surface area (Å²) < 4.78 is 25.2. The second-order valence-corrected chi connectivity index (χ2v) is 7.65. The highest BCUT2D eigenvalue weighted by atomic mass is 35.5. The standard InChI is InChI=1S/C16H16ClN3O2S/c1-20(2)23(21,22)15-7-3-12(4-8-15)11-19-14-6-5-13(10-18)16(17)9-14/h3-9,19H,11H2,1-2H3. The minimum atomic E-state index is -3.41. The molecule has 0 atom stereocenters. The summed E-state index contributed by atoms with van der Waals surface area (Å²) in [6.07, 6.45) is 0. The van der Waals surface area contributed by atoms with E-state index in [1.54, 1.807) is 42.5 Å². The third kappa shape index (κ3) is 4.02. The number of nitrogens with zero attached hydrogens (tertiary/aromatic N) is 2. The van der Waals surface area contributed by atoms with Crippen LogP contribution in [-0.4, -0.2) is 26.8 Å². The number of hydrogen-bond donors (Lipinski definition) is 1. The molecule has 0 bridgehead atoms. The summed E-state index contributed by atoms with van der Waals surface area (Å²) in [6, 6.07) is 13.8. The van der Waals surface area contributed by atoms with E-state index in [9.17, 15) is 8.42 Å². The van der Waals surface area contributed by atoms with Crippen molar-refractivity contribution in [2.75, 3.05) is 19.4 Å². The lowest BCUT2D eigenvalue weighted by Gasteiger charge is -2.12. The molecule has 0 aliphatic rings. The number of nitriles is 1. The van der Waals surface area contributed by atoms with E-state index < -0.39 is 10.0 Å². The van der Waals surface area contributed by atoms with Gasteiger partial charge in [0.2, 0.25) is 10.0 Å². The first kappa shape index (κ1) is 17.3. The Morgan fingerprint density at radius 1 is 1.17 bits per heavy atom. The average molecular weight is 350 g/mol. The fourth-order valence-electron chi connectivity index (χ4n) is 1.91. The Morgan fingerprint density at radius 3 is 2.35 bits per heavy atom. The van der Waals surface area contributed by atoms with Crippen LogP contribution in [0.25, 0.3) is 0 Å². The van der Waals surface area contributed by atoms with Crippen molar-refractivity contribution in [1.29, 1.82) is 5.26 Å². The van der Waals surface area contributed by atoms with E-state index in [0.717, 1.165) is 11.3 Å². The summed E-state index contributed by atoms with van der Waals surface area (Å²) in [5, 5.41) is 12.4. The summed E-state index contributed by atoms with van der Waals surface area (Å²) in [6.45, 7) is 0.518. The molecule has 7 heteroatoms. The Kier molecular flexibility index (Phi) is 5.26. The largest absolute Gasteiger partial charge is 0.381 e. The maximum atomic E-state index is 12.0. The van der Waals surface area contributed by atoms with E-state index in [1.165, 1.54) is 18.4 Å². The van der Waals surface area contributed by atoms with Crippen LogP contribution in [0.5, 0.6) is 0 Å². The number of halogens is 1. The van der Waals surface area contributed by atoms with E-state index in [2.05, 4.69) is 5.32 Å². The second kappa shape index (κ2) is 7.01. The van der Waals surface area contributed by atoms with Crippen molar-refractivity contribution >= 4 is 27.3 Å². The molecule has 23 heavy (non-hydrogen) atoms. The van der Waals surface area contributed by atoms with Crippen molar-refractivity contribution in [3.05, 3.63) is 58.6 Å². The second-order valence-electron chi connectivity index (χ2n) is 5.09. The molecule has 2 aromatic rings. The first-order valence-corrected chi connectivity index (χ1v) is 8.61. The van der Waals surface area contributed by atoms with E-state index >= 15 is 0 Å². The van der Waals surface area contributed by atoms with Crippen LogP contribution in [0.4, 0.5) is 5.69 Å². The smallest absolute Gasteiger partial charge is 0.242 e. The van der Waals surface area contributed by atoms with Crippen LogP contribution in [0.1, 0.15) is 11.1 Å². The monoisotopic (exact) mass is 349 g/mol. The maximum absolute atomic E-state index is 12.0. The van der Waals surface area contributed by atoms with Gasteiger partial charge in [0.25, 0.3) is 0 Å². The lowest BCUT2D eigenvalue weighted by Crippen LogP contribution is -2.22. The molecule has 0 heterocycles. The fourth-order valence-corrected chi connectivity index (χ4v) is 3.03. The fraction of sp³-hybridized carbons (Fsp3) is 0.188. The zero-order valence-electron chi connectivity index (χ0n) is 12.7. The van der Waals surface area contributed by atoms with Gasteiger partial charge in [-0.25, -0.2) is 12.7 Å². The Hall–Kier alpha value is -2.07. The van der Waals surface area contributed by atoms with Crippen LogP contribution in [-0.2, 0) is 16.6 Å². The van der Waals surface area contributed by atoms with Crippen molar-refractivity contribution in [2.45, 2.75) is 11.4 Å². The highest BCUT2D eigenvalue weighted by molar-refractivity contribution is 7.89. The SMILES string of the molecule is CN(C)S(=O)(=O)c1ccc(CNc2ccc(C#N)c(Cl)c2)cc1. The summed E-state index contributed by atoms with van der Waals surface area (Å²) in [4.78, 5) is 0.257. The number of nitrogens with one attached hydrogen (secondary N) is 1. The predicted molar refractivity (Wildman–Crippen MR) is 90.8 cm³/mol. The molecule has 2 aromatic carbocycles. The highest BCUT2D eigenvalue weighted by Gasteiger charge is 2.16. The molecule has 0 saturated heterocycles. The predicted octanol–water partition coefficient (Wildman–Crippen LogP) is 3.07. The van der Waals surface area contributed by atoms with Crippen molar-refractivity contribution in [3.63, 3.8) is 0 Å². The van der Waals surface area contributed by atoms with Gasteiger partial charge in [0.15, 0.2) is 0 Å². The number of hydrogen-bond acceptors (Lipinski definition) is 4. The molecule has 0 fully saturated rings. The van der Waals surface area contributed by atoms with Crippen molar-refractivity contribution in [1.82, 2.24) is 4.31 Å². The van der Waals surface area contributed by atoms with Crippen molar-refractivity contribution < 1.29 is 8.42 Å². The molecule has 0 radical (unpaired) electrons. The Balaban J connectivity index is 2.08. The zero-order valence-corrected chi connectivity index (χ0v) is 14.3. The van der Waals surface area contributed by atoms with Gasteiger partial charge in [-0.3, -0.25) is 0 Å². The van der Waals surface area contributed by atoms with Gasteiger partial charge < -0.3 is 5.32 Å². The molecule has 0 aliphatic heterocycles. The highest BCUT2D eigenvalue weighted by Crippen LogP contribution is 2.21. The molecule has 1 N–H and O–H groups in total. The minimum Gasteiger partial charge on any atom is -0.381 e. The van der Waals surface area contributed by atoms with Gasteiger partial charge in [0.1, 0.15) is 6.07 Å². The summed E-state index contributed by atoms with van der Waals surface area (Å²) in [5.41, 5.74) is 2.15. The molecule has 2 rings (SSSR count). The van der Waals surface area contributed by atoms with Gasteiger partial charge >= 0.3 is 0 Å². The maximum Gasteiger partial charge on any atom is 0.242 e. The molecular formula is C16H16ClN3O2S. The summed E-state index contributed by atoms with van der Waals surface area (Å²) >= 11 is 5.98. The molecule has 120 valence electrons. The molecule has 0 spiro atoms. The average Bonchev–Trinajstić information content (AvgIpc) is 2.53. The summed E-state index contributed by atoms with van der Waals surface area (Å²) in [5.74, 6) is 0. The third-order valence-electron chi connectivity index (χ3n) is 3.29. The van der Waals surface area contributed by atoms with Gasteiger partial charge in [-0.1, -0.05) is 23.7 Å². The van der Waals surface area contributed by atoms with Crippen molar-refractivity contribution in [3.8, 4) is 6.07 Å². The first-order valence-electron chi connectivity index (χ1n) is 6.79. The Morgan fingerprint density at radius 2 is 1.83 bits per heavy atom. The molecule has 0 saturated carbocycles. The molecule has 0 aromatic heterocycles. The summed E-state index contributed by atoms with van der Waals surface area (Å²) in [7, 11) is -0.410. The van der Waals surface area contributed by atoms with Gasteiger partial charge in [-0.2, -0.15) is 5.26 Å². The van der Waals surface area contributed by atoms with Crippen LogP contribution in [0.3, 0.4) is 0 Å². The quantitative estimate of drug-likeness (QED) is 0.900. The van der Waals surface area contributed by atoms with Gasteiger partial charge in [-0.05, 0) is 35.9 Å².